The molecular formula is C21H24NO7P. The van der Waals surface area contributed by atoms with Gasteiger partial charge in [-0.15, -0.1) is 0 Å². The highest BCUT2D eigenvalue weighted by molar-refractivity contribution is 7.52. The van der Waals surface area contributed by atoms with E-state index in [-0.39, 0.29) is 12.5 Å². The van der Waals surface area contributed by atoms with Gasteiger partial charge in [0, 0.05) is 19.7 Å². The van der Waals surface area contributed by atoms with E-state index in [0.29, 0.717) is 0 Å². The lowest BCUT2D eigenvalue weighted by atomic mass is 9.98. The van der Waals surface area contributed by atoms with Gasteiger partial charge in [-0.25, -0.2) is 9.59 Å². The molecule has 0 aliphatic heterocycles. The van der Waals surface area contributed by atoms with Gasteiger partial charge in [-0.05, 0) is 29.2 Å². The predicted octanol–water partition coefficient (Wildman–Crippen LogP) is 3.85. The third kappa shape index (κ3) is 4.73. The van der Waals surface area contributed by atoms with Crippen molar-refractivity contribution in [3.63, 3.8) is 0 Å². The van der Waals surface area contributed by atoms with Crippen LogP contribution in [-0.4, -0.2) is 49.7 Å². The molecule has 0 radical (unpaired) electrons. The largest absolute Gasteiger partial charge is 0.480 e. The van der Waals surface area contributed by atoms with E-state index in [0.717, 1.165) is 22.3 Å². The highest BCUT2D eigenvalue weighted by atomic mass is 31.2. The normalized spacial score (nSPS) is 16.6. The van der Waals surface area contributed by atoms with E-state index < -0.39 is 31.8 Å². The lowest BCUT2D eigenvalue weighted by molar-refractivity contribution is -0.141. The summed E-state index contributed by atoms with van der Waals surface area (Å²) < 4.78 is 27.2. The van der Waals surface area contributed by atoms with E-state index in [4.69, 9.17) is 13.8 Å². The van der Waals surface area contributed by atoms with E-state index >= 15 is 0 Å². The number of aliphatic carboxylic acids is 1. The zero-order chi connectivity index (χ0) is 21.9. The molecule has 2 N–H and O–H groups in total. The molecular weight excluding hydrogens is 409 g/mol. The molecule has 8 nitrogen and oxygen atoms in total. The minimum atomic E-state index is -3.43. The SMILES string of the molecule is COP(C)(=O)OC(C)C(NC(=O)OCC1c2ccccc2-c2ccccc21)C(=O)O. The highest BCUT2D eigenvalue weighted by Crippen LogP contribution is 2.45. The van der Waals surface area contributed by atoms with Crippen molar-refractivity contribution in [2.75, 3.05) is 20.4 Å². The minimum absolute atomic E-state index is 0.0474. The molecule has 0 aromatic heterocycles. The molecule has 2 aromatic carbocycles. The van der Waals surface area contributed by atoms with Crippen LogP contribution in [0.1, 0.15) is 24.0 Å². The number of ether oxygens (including phenoxy) is 1. The first-order valence-electron chi connectivity index (χ1n) is 9.39. The average Bonchev–Trinajstić information content (AvgIpc) is 3.03. The van der Waals surface area contributed by atoms with E-state index in [9.17, 15) is 19.3 Å². The predicted molar refractivity (Wildman–Crippen MR) is 111 cm³/mol. The van der Waals surface area contributed by atoms with E-state index in [1.807, 2.05) is 48.5 Å². The Morgan fingerprint density at radius 3 is 2.13 bits per heavy atom. The van der Waals surface area contributed by atoms with Crippen molar-refractivity contribution in [1.29, 1.82) is 0 Å². The minimum Gasteiger partial charge on any atom is -0.480 e. The first-order chi connectivity index (χ1) is 14.2. The monoisotopic (exact) mass is 433 g/mol. The van der Waals surface area contributed by atoms with Crippen molar-refractivity contribution in [3.05, 3.63) is 59.7 Å². The van der Waals surface area contributed by atoms with Crippen LogP contribution in [-0.2, 0) is 23.1 Å². The Kier molecular flexibility index (Phi) is 6.61. The summed E-state index contributed by atoms with van der Waals surface area (Å²) in [6.45, 7) is 2.65. The summed E-state index contributed by atoms with van der Waals surface area (Å²) in [5.74, 6) is -1.49. The standard InChI is InChI=1S/C21H24NO7P/c1-13(29-30(3,26)27-2)19(20(23)24)22-21(25)28-12-18-16-10-6-4-8-14(16)15-9-5-7-11-17(15)18/h4-11,13,18-19H,12H2,1-3H3,(H,22,25)(H,23,24). The maximum atomic E-state index is 12.3. The molecule has 0 bridgehead atoms. The number of nitrogens with one attached hydrogen (secondary N) is 1. The summed E-state index contributed by atoms with van der Waals surface area (Å²) in [6.07, 6.45) is -2.00. The Balaban J connectivity index is 1.68. The first-order valence-corrected chi connectivity index (χ1v) is 11.4. The van der Waals surface area contributed by atoms with Crippen LogP contribution in [0.25, 0.3) is 11.1 Å². The Morgan fingerprint density at radius 2 is 1.63 bits per heavy atom. The third-order valence-corrected chi connectivity index (χ3v) is 6.42. The van der Waals surface area contributed by atoms with Gasteiger partial charge >= 0.3 is 19.7 Å². The Bertz CT molecular complexity index is 947. The molecule has 0 spiro atoms. The molecule has 3 rings (SSSR count). The number of hydrogen-bond acceptors (Lipinski definition) is 6. The van der Waals surface area contributed by atoms with Gasteiger partial charge in [0.25, 0.3) is 0 Å². The van der Waals surface area contributed by atoms with Crippen LogP contribution < -0.4 is 5.32 Å². The molecule has 9 heteroatoms. The maximum Gasteiger partial charge on any atom is 0.407 e. The molecule has 30 heavy (non-hydrogen) atoms. The van der Waals surface area contributed by atoms with Gasteiger partial charge in [-0.1, -0.05) is 48.5 Å². The number of benzene rings is 2. The zero-order valence-electron chi connectivity index (χ0n) is 16.9. The number of rotatable bonds is 8. The second kappa shape index (κ2) is 9.00. The highest BCUT2D eigenvalue weighted by Gasteiger charge is 2.33. The van der Waals surface area contributed by atoms with Gasteiger partial charge in [0.2, 0.25) is 0 Å². The van der Waals surface area contributed by atoms with Gasteiger partial charge in [0.1, 0.15) is 6.61 Å². The van der Waals surface area contributed by atoms with Crippen molar-refractivity contribution in [2.45, 2.75) is 25.0 Å². The number of carbonyl (C=O) groups excluding carboxylic acids is 1. The van der Waals surface area contributed by atoms with Crippen molar-refractivity contribution in [2.24, 2.45) is 0 Å². The van der Waals surface area contributed by atoms with Crippen molar-refractivity contribution < 1.29 is 33.0 Å². The number of alkyl carbamates (subject to hydrolysis) is 1. The fourth-order valence-corrected chi connectivity index (χ4v) is 4.36. The number of carboxylic acid groups (broad SMARTS) is 1. The fourth-order valence-electron chi connectivity index (χ4n) is 3.55. The van der Waals surface area contributed by atoms with Crippen molar-refractivity contribution in [3.8, 4) is 11.1 Å². The lowest BCUT2D eigenvalue weighted by Gasteiger charge is -2.24. The van der Waals surface area contributed by atoms with Gasteiger partial charge in [-0.3, -0.25) is 4.57 Å². The summed E-state index contributed by atoms with van der Waals surface area (Å²) in [5, 5.41) is 11.7. The number of fused-ring (bicyclic) bond motifs is 3. The number of carboxylic acids is 1. The van der Waals surface area contributed by atoms with Gasteiger partial charge in [0.15, 0.2) is 6.04 Å². The summed E-state index contributed by atoms with van der Waals surface area (Å²) in [4.78, 5) is 23.9. The molecule has 3 unspecified atom stereocenters. The smallest absolute Gasteiger partial charge is 0.407 e. The van der Waals surface area contributed by atoms with Crippen LogP contribution in [0.4, 0.5) is 4.79 Å². The molecule has 1 amide bonds. The second-order valence-corrected chi connectivity index (χ2v) is 9.17. The Hall–Kier alpha value is -2.67. The number of hydrogen-bond donors (Lipinski definition) is 2. The third-order valence-electron chi connectivity index (χ3n) is 5.04. The van der Waals surface area contributed by atoms with Crippen LogP contribution >= 0.6 is 7.60 Å². The first kappa shape index (κ1) is 22.0. The summed E-state index contributed by atoms with van der Waals surface area (Å²) >= 11 is 0. The topological polar surface area (TPSA) is 111 Å². The molecule has 3 atom stereocenters. The van der Waals surface area contributed by atoms with Crippen LogP contribution in [0.2, 0.25) is 0 Å². The fraction of sp³-hybridized carbons (Fsp3) is 0.333. The second-order valence-electron chi connectivity index (χ2n) is 7.05. The Morgan fingerprint density at radius 1 is 1.10 bits per heavy atom. The molecule has 0 fully saturated rings. The van der Waals surface area contributed by atoms with E-state index in [2.05, 4.69) is 5.32 Å². The summed E-state index contributed by atoms with van der Waals surface area (Å²) in [7, 11) is -2.23. The lowest BCUT2D eigenvalue weighted by Crippen LogP contribution is -2.48. The van der Waals surface area contributed by atoms with Gasteiger partial charge in [0.05, 0.1) is 6.10 Å². The average molecular weight is 433 g/mol. The number of amides is 1. The van der Waals surface area contributed by atoms with E-state index in [1.54, 1.807) is 0 Å². The maximum absolute atomic E-state index is 12.3. The molecule has 0 saturated carbocycles. The molecule has 2 aromatic rings. The van der Waals surface area contributed by atoms with Crippen LogP contribution in [0, 0.1) is 0 Å². The molecule has 160 valence electrons. The van der Waals surface area contributed by atoms with Gasteiger partial charge in [-0.2, -0.15) is 0 Å². The van der Waals surface area contributed by atoms with Crippen molar-refractivity contribution in [1.82, 2.24) is 5.32 Å². The Labute approximate surface area is 174 Å². The number of carbonyl (C=O) groups is 2. The summed E-state index contributed by atoms with van der Waals surface area (Å²) in [6, 6.07) is 14.3. The summed E-state index contributed by atoms with van der Waals surface area (Å²) in [5.41, 5.74) is 4.27. The molecule has 0 saturated heterocycles. The molecule has 1 aliphatic carbocycles. The zero-order valence-corrected chi connectivity index (χ0v) is 17.8. The van der Waals surface area contributed by atoms with Gasteiger partial charge < -0.3 is 24.2 Å². The molecule has 1 aliphatic rings. The van der Waals surface area contributed by atoms with Crippen LogP contribution in [0.3, 0.4) is 0 Å². The van der Waals surface area contributed by atoms with Crippen molar-refractivity contribution >= 4 is 19.7 Å². The van der Waals surface area contributed by atoms with Crippen LogP contribution in [0.15, 0.2) is 48.5 Å². The quantitative estimate of drug-likeness (QED) is 0.608. The molecule has 0 heterocycles. The van der Waals surface area contributed by atoms with E-state index in [1.165, 1.54) is 20.7 Å². The van der Waals surface area contributed by atoms with Crippen LogP contribution in [0.5, 0.6) is 0 Å².